The number of benzene rings is 1. The number of hydrogen-bond acceptors (Lipinski definition) is 1. The smallest absolute Gasteiger partial charge is 0.134 e. The van der Waals surface area contributed by atoms with Crippen molar-refractivity contribution in [2.24, 2.45) is 0 Å². The highest BCUT2D eigenvalue weighted by Gasteiger charge is 2.06. The van der Waals surface area contributed by atoms with Crippen LogP contribution in [0.3, 0.4) is 0 Å². The summed E-state index contributed by atoms with van der Waals surface area (Å²) in [5, 5.41) is 1.58. The van der Waals surface area contributed by atoms with Gasteiger partial charge in [0, 0.05) is 22.2 Å². The largest absolute Gasteiger partial charge is 0.258 e. The van der Waals surface area contributed by atoms with Crippen LogP contribution in [0.1, 0.15) is 17.0 Å². The Hall–Kier alpha value is -1.44. The highest BCUT2D eigenvalue weighted by Crippen LogP contribution is 2.23. The first-order chi connectivity index (χ1) is 6.59. The van der Waals surface area contributed by atoms with Crippen LogP contribution in [0.2, 0.25) is 0 Å². The van der Waals surface area contributed by atoms with Gasteiger partial charge in [-0.3, -0.25) is 4.98 Å². The third kappa shape index (κ3) is 1.27. The van der Waals surface area contributed by atoms with Crippen LogP contribution >= 0.6 is 0 Å². The second-order valence-electron chi connectivity index (χ2n) is 3.64. The SMILES string of the molecule is Cc1cc2c(F)c(C)ccc2c(C)n1. The number of aryl methyl sites for hydroxylation is 3. The van der Waals surface area contributed by atoms with Gasteiger partial charge < -0.3 is 0 Å². The highest BCUT2D eigenvalue weighted by atomic mass is 19.1. The Morgan fingerprint density at radius 1 is 1.07 bits per heavy atom. The van der Waals surface area contributed by atoms with E-state index in [1.54, 1.807) is 19.1 Å². The fourth-order valence-corrected chi connectivity index (χ4v) is 1.72. The van der Waals surface area contributed by atoms with E-state index in [2.05, 4.69) is 4.98 Å². The molecule has 0 aliphatic carbocycles. The molecule has 2 heteroatoms. The van der Waals surface area contributed by atoms with Crippen LogP contribution in [-0.4, -0.2) is 4.98 Å². The summed E-state index contributed by atoms with van der Waals surface area (Å²) in [7, 11) is 0. The molecule has 0 unspecified atom stereocenters. The van der Waals surface area contributed by atoms with Crippen LogP contribution in [0, 0.1) is 26.6 Å². The maximum Gasteiger partial charge on any atom is 0.134 e. The van der Waals surface area contributed by atoms with Gasteiger partial charge in [0.25, 0.3) is 0 Å². The van der Waals surface area contributed by atoms with Crippen molar-refractivity contribution >= 4 is 10.8 Å². The number of rotatable bonds is 0. The first-order valence-corrected chi connectivity index (χ1v) is 4.62. The third-order valence-electron chi connectivity index (χ3n) is 2.46. The van der Waals surface area contributed by atoms with E-state index < -0.39 is 0 Å². The zero-order valence-electron chi connectivity index (χ0n) is 8.56. The van der Waals surface area contributed by atoms with Crippen molar-refractivity contribution in [3.05, 3.63) is 41.0 Å². The average Bonchev–Trinajstić information content (AvgIpc) is 2.12. The summed E-state index contributed by atoms with van der Waals surface area (Å²) in [6.45, 7) is 5.57. The van der Waals surface area contributed by atoms with Crippen molar-refractivity contribution in [1.82, 2.24) is 4.98 Å². The fraction of sp³-hybridized carbons (Fsp3) is 0.250. The molecule has 0 N–H and O–H groups in total. The van der Waals surface area contributed by atoms with E-state index >= 15 is 0 Å². The van der Waals surface area contributed by atoms with Crippen molar-refractivity contribution < 1.29 is 4.39 Å². The van der Waals surface area contributed by atoms with E-state index in [1.807, 2.05) is 19.9 Å². The Morgan fingerprint density at radius 2 is 1.79 bits per heavy atom. The molecule has 0 aliphatic rings. The Balaban J connectivity index is 2.95. The van der Waals surface area contributed by atoms with Gasteiger partial charge in [0.15, 0.2) is 0 Å². The molecule has 1 aromatic heterocycles. The van der Waals surface area contributed by atoms with Gasteiger partial charge in [-0.25, -0.2) is 4.39 Å². The quantitative estimate of drug-likeness (QED) is 0.619. The molecule has 0 saturated heterocycles. The molecule has 0 atom stereocenters. The van der Waals surface area contributed by atoms with Gasteiger partial charge in [-0.2, -0.15) is 0 Å². The molecule has 0 bridgehead atoms. The monoisotopic (exact) mass is 189 g/mol. The first kappa shape index (κ1) is 9.13. The number of fused-ring (bicyclic) bond motifs is 1. The Labute approximate surface area is 82.6 Å². The van der Waals surface area contributed by atoms with Gasteiger partial charge in [-0.15, -0.1) is 0 Å². The van der Waals surface area contributed by atoms with Crippen molar-refractivity contribution in [2.45, 2.75) is 20.8 Å². The minimum Gasteiger partial charge on any atom is -0.258 e. The van der Waals surface area contributed by atoms with Crippen molar-refractivity contribution in [3.63, 3.8) is 0 Å². The second-order valence-corrected chi connectivity index (χ2v) is 3.64. The molecular weight excluding hydrogens is 177 g/mol. The van der Waals surface area contributed by atoms with Crippen LogP contribution in [0.25, 0.3) is 10.8 Å². The summed E-state index contributed by atoms with van der Waals surface area (Å²) in [5.74, 6) is -0.129. The molecule has 0 amide bonds. The maximum absolute atomic E-state index is 13.7. The first-order valence-electron chi connectivity index (χ1n) is 4.62. The second kappa shape index (κ2) is 3.05. The molecule has 0 spiro atoms. The highest BCUT2D eigenvalue weighted by molar-refractivity contribution is 5.86. The van der Waals surface area contributed by atoms with E-state index in [4.69, 9.17) is 0 Å². The average molecular weight is 189 g/mol. The molecule has 0 aliphatic heterocycles. The minimum atomic E-state index is -0.129. The van der Waals surface area contributed by atoms with E-state index in [0.717, 1.165) is 16.8 Å². The lowest BCUT2D eigenvalue weighted by atomic mass is 10.1. The van der Waals surface area contributed by atoms with Gasteiger partial charge in [0.05, 0.1) is 0 Å². The van der Waals surface area contributed by atoms with Gasteiger partial charge in [0.1, 0.15) is 5.82 Å². The predicted molar refractivity (Wildman–Crippen MR) is 55.9 cm³/mol. The van der Waals surface area contributed by atoms with E-state index in [-0.39, 0.29) is 5.82 Å². The topological polar surface area (TPSA) is 12.9 Å². The van der Waals surface area contributed by atoms with Crippen LogP contribution in [0.15, 0.2) is 18.2 Å². The van der Waals surface area contributed by atoms with Gasteiger partial charge >= 0.3 is 0 Å². The number of pyridine rings is 1. The van der Waals surface area contributed by atoms with Gasteiger partial charge in [-0.1, -0.05) is 12.1 Å². The molecule has 0 radical (unpaired) electrons. The molecule has 1 nitrogen and oxygen atoms in total. The van der Waals surface area contributed by atoms with E-state index in [1.165, 1.54) is 0 Å². The maximum atomic E-state index is 13.7. The third-order valence-corrected chi connectivity index (χ3v) is 2.46. The van der Waals surface area contributed by atoms with E-state index in [9.17, 15) is 4.39 Å². The lowest BCUT2D eigenvalue weighted by Crippen LogP contribution is -1.92. The summed E-state index contributed by atoms with van der Waals surface area (Å²) in [4.78, 5) is 4.31. The number of aromatic nitrogens is 1. The van der Waals surface area contributed by atoms with Gasteiger partial charge in [0.2, 0.25) is 0 Å². The predicted octanol–water partition coefficient (Wildman–Crippen LogP) is 3.30. The Kier molecular flexibility index (Phi) is 1.99. The van der Waals surface area contributed by atoms with Crippen LogP contribution < -0.4 is 0 Å². The number of halogens is 1. The Morgan fingerprint density at radius 3 is 2.50 bits per heavy atom. The lowest BCUT2D eigenvalue weighted by molar-refractivity contribution is 0.630. The van der Waals surface area contributed by atoms with Crippen molar-refractivity contribution in [3.8, 4) is 0 Å². The number of nitrogens with zero attached hydrogens (tertiary/aromatic N) is 1. The zero-order chi connectivity index (χ0) is 10.3. The lowest BCUT2D eigenvalue weighted by Gasteiger charge is -2.06. The van der Waals surface area contributed by atoms with Crippen LogP contribution in [-0.2, 0) is 0 Å². The molecule has 2 rings (SSSR count). The molecule has 14 heavy (non-hydrogen) atoms. The summed E-state index contributed by atoms with van der Waals surface area (Å²) in [5.41, 5.74) is 2.43. The fourth-order valence-electron chi connectivity index (χ4n) is 1.72. The zero-order valence-corrected chi connectivity index (χ0v) is 8.56. The van der Waals surface area contributed by atoms with Crippen molar-refractivity contribution in [1.29, 1.82) is 0 Å². The minimum absolute atomic E-state index is 0.129. The summed E-state index contributed by atoms with van der Waals surface area (Å²) in [6, 6.07) is 5.52. The molecule has 1 heterocycles. The van der Waals surface area contributed by atoms with Crippen LogP contribution in [0.4, 0.5) is 4.39 Å². The Bertz CT molecular complexity index is 503. The molecule has 72 valence electrons. The molecule has 1 aromatic carbocycles. The van der Waals surface area contributed by atoms with Crippen LogP contribution in [0.5, 0.6) is 0 Å². The molecule has 0 fully saturated rings. The molecule has 0 saturated carbocycles. The normalized spacial score (nSPS) is 10.9. The summed E-state index contributed by atoms with van der Waals surface area (Å²) < 4.78 is 13.7. The summed E-state index contributed by atoms with van der Waals surface area (Å²) >= 11 is 0. The molecule has 2 aromatic rings. The standard InChI is InChI=1S/C12H12FN/c1-7-4-5-10-9(3)14-8(2)6-11(10)12(7)13/h4-6H,1-3H3. The van der Waals surface area contributed by atoms with E-state index in [0.29, 0.717) is 10.9 Å². The van der Waals surface area contributed by atoms with Crippen molar-refractivity contribution in [2.75, 3.05) is 0 Å². The number of hydrogen-bond donors (Lipinski definition) is 0. The molecular formula is C12H12FN. The summed E-state index contributed by atoms with van der Waals surface area (Å²) in [6.07, 6.45) is 0. The van der Waals surface area contributed by atoms with Gasteiger partial charge in [-0.05, 0) is 32.4 Å².